The zero-order valence-corrected chi connectivity index (χ0v) is 34.5. The van der Waals surface area contributed by atoms with E-state index >= 15 is 0 Å². The van der Waals surface area contributed by atoms with E-state index in [9.17, 15) is 0 Å². The molecule has 0 aliphatic heterocycles. The first-order valence-electron chi connectivity index (χ1n) is 18.9. The number of fused-ring (bicyclic) bond motifs is 9. The third-order valence-electron chi connectivity index (χ3n) is 9.15. The number of hydrogen-bond donors (Lipinski definition) is 3. The predicted octanol–water partition coefficient (Wildman–Crippen LogP) is 10.4. The highest BCUT2D eigenvalue weighted by Gasteiger charge is 2.12. The Morgan fingerprint density at radius 3 is 1.43 bits per heavy atom. The number of pyridine rings is 6. The van der Waals surface area contributed by atoms with Gasteiger partial charge in [-0.05, 0) is 61.8 Å². The minimum Gasteiger partial charge on any atom is -0.493 e. The Labute approximate surface area is 353 Å². The van der Waals surface area contributed by atoms with Crippen LogP contribution in [0.1, 0.15) is 37.4 Å². The van der Waals surface area contributed by atoms with E-state index in [4.69, 9.17) is 20.4 Å². The van der Waals surface area contributed by atoms with Gasteiger partial charge in [-0.2, -0.15) is 0 Å². The molecule has 9 rings (SSSR count). The van der Waals surface area contributed by atoms with Gasteiger partial charge < -0.3 is 20.4 Å². The molecule has 0 atom stereocenters. The number of thioether (sulfide) groups is 2. The molecule has 9 aromatic rings. The molecular weight excluding hydrogens is 795 g/mol. The van der Waals surface area contributed by atoms with E-state index in [1.165, 1.54) is 18.6 Å². The van der Waals surface area contributed by atoms with E-state index in [1.807, 2.05) is 79.9 Å². The zero-order valence-electron chi connectivity index (χ0n) is 32.8. The van der Waals surface area contributed by atoms with Crippen LogP contribution in [0.4, 0.5) is 0 Å². The van der Waals surface area contributed by atoms with Crippen LogP contribution in [0.15, 0.2) is 135 Å². The summed E-state index contributed by atoms with van der Waals surface area (Å²) in [4.78, 5) is 29.1. The van der Waals surface area contributed by atoms with Gasteiger partial charge in [0.2, 0.25) is 0 Å². The lowest BCUT2D eigenvalue weighted by molar-refractivity contribution is 0.321. The summed E-state index contributed by atoms with van der Waals surface area (Å²) in [7, 11) is 0. The topological polar surface area (TPSA) is 184 Å². The first-order valence-corrected chi connectivity index (χ1v) is 21.1. The highest BCUT2D eigenvalue weighted by Crippen LogP contribution is 2.33. The molecule has 0 fully saturated rings. The summed E-state index contributed by atoms with van der Waals surface area (Å²) in [5, 5.41) is 41.5. The van der Waals surface area contributed by atoms with Crippen LogP contribution in [-0.2, 0) is 0 Å². The summed E-state index contributed by atoms with van der Waals surface area (Å²) in [5.41, 5.74) is 6.76. The van der Waals surface area contributed by atoms with Gasteiger partial charge in [0.05, 0.1) is 69.9 Å². The molecule has 6 aromatic heterocycles. The van der Waals surface area contributed by atoms with Crippen molar-refractivity contribution >= 4 is 108 Å². The van der Waals surface area contributed by atoms with Crippen molar-refractivity contribution in [3.8, 4) is 5.75 Å². The normalized spacial score (nSPS) is 11.6. The first-order chi connectivity index (χ1) is 29.5. The molecule has 0 amide bonds. The molecule has 0 spiro atoms. The molecule has 0 bridgehead atoms. The molecule has 0 aliphatic rings. The Kier molecular flexibility index (Phi) is 13.5. The largest absolute Gasteiger partial charge is 0.493 e. The van der Waals surface area contributed by atoms with Crippen LogP contribution < -0.4 is 4.74 Å². The summed E-state index contributed by atoms with van der Waals surface area (Å²) in [5.74, 6) is 1.75. The van der Waals surface area contributed by atoms with Gasteiger partial charge in [0.15, 0.2) is 0 Å². The number of nitrogens with zero attached hydrogens (tertiary/aromatic N) is 9. The van der Waals surface area contributed by atoms with Crippen LogP contribution in [0.25, 0.3) is 65.4 Å². The smallest absolute Gasteiger partial charge is 0.130 e. The van der Waals surface area contributed by atoms with E-state index in [1.54, 1.807) is 48.2 Å². The minimum atomic E-state index is 0.529. The maximum absolute atomic E-state index is 8.78. The zero-order chi connectivity index (χ0) is 41.8. The molecule has 0 radical (unpaired) electrons. The van der Waals surface area contributed by atoms with Gasteiger partial charge in [0, 0.05) is 66.8 Å². The minimum absolute atomic E-state index is 0.529. The van der Waals surface area contributed by atoms with Crippen molar-refractivity contribution in [2.75, 3.05) is 18.6 Å². The molecule has 3 N–H and O–H groups in total. The standard InChI is InChI=1S/C16H15N3OS.C15H13N3O2.C14H11N3OS/c1-2-8-21-14-9-12(10-18-20)19-16-13(14)6-5-11-4-3-7-17-15(11)16;1-2-20-13-8-11(9-17-19)18-15-12(13)6-5-10-4-3-7-16-14(10)15;1-19-12-7-10(8-16-18)17-14-11(12)5-4-9-3-2-6-15-13(9)14/h3-7,9-10,20H,2,8H2,1H3;3-9,19H,2H2,1H3;2-8,18H,1H3. The second-order valence-corrected chi connectivity index (χ2v) is 15.0. The molecule has 6 heterocycles. The lowest BCUT2D eigenvalue weighted by atomic mass is 10.1. The van der Waals surface area contributed by atoms with E-state index in [-0.39, 0.29) is 0 Å². The van der Waals surface area contributed by atoms with Crippen LogP contribution in [0, 0.1) is 0 Å². The van der Waals surface area contributed by atoms with Gasteiger partial charge >= 0.3 is 0 Å². The molecule has 0 saturated heterocycles. The van der Waals surface area contributed by atoms with Crippen molar-refractivity contribution in [2.45, 2.75) is 30.1 Å². The molecule has 300 valence electrons. The van der Waals surface area contributed by atoms with Crippen molar-refractivity contribution in [2.24, 2.45) is 15.5 Å². The fraction of sp³-hybridized carbons (Fsp3) is 0.133. The van der Waals surface area contributed by atoms with Crippen LogP contribution in [0.2, 0.25) is 0 Å². The maximum atomic E-state index is 8.78. The van der Waals surface area contributed by atoms with Crippen molar-refractivity contribution in [3.63, 3.8) is 0 Å². The molecule has 0 aliphatic carbocycles. The Morgan fingerprint density at radius 1 is 0.550 bits per heavy atom. The van der Waals surface area contributed by atoms with E-state index in [0.29, 0.717) is 29.4 Å². The Morgan fingerprint density at radius 2 is 0.983 bits per heavy atom. The van der Waals surface area contributed by atoms with Gasteiger partial charge in [-0.15, -0.1) is 23.5 Å². The number of benzene rings is 3. The third-order valence-corrected chi connectivity index (χ3v) is 11.2. The summed E-state index contributed by atoms with van der Waals surface area (Å²) in [6.07, 6.45) is 12.4. The highest BCUT2D eigenvalue weighted by atomic mass is 32.2. The number of oxime groups is 3. The predicted molar refractivity (Wildman–Crippen MR) is 243 cm³/mol. The lowest BCUT2D eigenvalue weighted by Crippen LogP contribution is -1.98. The summed E-state index contributed by atoms with van der Waals surface area (Å²) < 4.78 is 5.64. The van der Waals surface area contributed by atoms with Gasteiger partial charge in [-0.25, -0.2) is 15.0 Å². The van der Waals surface area contributed by atoms with Gasteiger partial charge in [0.25, 0.3) is 0 Å². The van der Waals surface area contributed by atoms with Gasteiger partial charge in [-0.3, -0.25) is 15.0 Å². The quantitative estimate of drug-likeness (QED) is 0.0412. The SMILES string of the molecule is CCCSc1cc(C=NO)nc2c1ccc1cccnc12.CCOc1cc(C=NO)nc2c1ccc1cccnc12.CSc1cc(C=NO)nc2c1ccc1cccnc12. The van der Waals surface area contributed by atoms with Crippen LogP contribution in [-0.4, -0.2) is 82.8 Å². The summed E-state index contributed by atoms with van der Waals surface area (Å²) in [6, 6.07) is 29.6. The van der Waals surface area contributed by atoms with E-state index in [0.717, 1.165) is 87.4 Å². The third kappa shape index (κ3) is 9.02. The number of aromatic nitrogens is 6. The maximum Gasteiger partial charge on any atom is 0.130 e. The van der Waals surface area contributed by atoms with Gasteiger partial charge in [-0.1, -0.05) is 70.9 Å². The van der Waals surface area contributed by atoms with Crippen LogP contribution >= 0.6 is 23.5 Å². The van der Waals surface area contributed by atoms with Crippen LogP contribution in [0.3, 0.4) is 0 Å². The monoisotopic (exact) mass is 833 g/mol. The molecule has 0 saturated carbocycles. The number of hydrogen-bond acceptors (Lipinski definition) is 15. The molecule has 13 nitrogen and oxygen atoms in total. The van der Waals surface area contributed by atoms with Crippen molar-refractivity contribution < 1.29 is 20.4 Å². The average molecular weight is 834 g/mol. The number of ether oxygens (including phenoxy) is 1. The Bertz CT molecular complexity index is 3060. The van der Waals surface area contributed by atoms with Gasteiger partial charge in [0.1, 0.15) is 11.3 Å². The fourth-order valence-electron chi connectivity index (χ4n) is 6.60. The van der Waals surface area contributed by atoms with E-state index in [2.05, 4.69) is 70.5 Å². The molecule has 0 unspecified atom stereocenters. The lowest BCUT2D eigenvalue weighted by Gasteiger charge is -2.09. The fourth-order valence-corrected chi connectivity index (χ4v) is 8.17. The molecule has 60 heavy (non-hydrogen) atoms. The number of rotatable bonds is 9. The first kappa shape index (κ1) is 41.2. The van der Waals surface area contributed by atoms with Crippen molar-refractivity contribution in [3.05, 3.63) is 127 Å². The summed E-state index contributed by atoms with van der Waals surface area (Å²) >= 11 is 3.42. The molecule has 15 heteroatoms. The Hall–Kier alpha value is -6.97. The highest BCUT2D eigenvalue weighted by molar-refractivity contribution is 7.99. The van der Waals surface area contributed by atoms with E-state index < -0.39 is 0 Å². The Balaban J connectivity index is 0.000000136. The molecule has 3 aromatic carbocycles. The second kappa shape index (κ2) is 19.7. The second-order valence-electron chi connectivity index (χ2n) is 13.0. The van der Waals surface area contributed by atoms with Crippen molar-refractivity contribution in [1.29, 1.82) is 0 Å². The molecular formula is C45H39N9O4S2. The van der Waals surface area contributed by atoms with Crippen molar-refractivity contribution in [1.82, 2.24) is 29.9 Å². The average Bonchev–Trinajstić information content (AvgIpc) is 3.28. The van der Waals surface area contributed by atoms with Crippen LogP contribution in [0.5, 0.6) is 5.75 Å². The summed E-state index contributed by atoms with van der Waals surface area (Å²) in [6.45, 7) is 4.63.